The molecule has 3 heterocycles. The van der Waals surface area contributed by atoms with Crippen LogP contribution in [0.25, 0.3) is 22.9 Å². The van der Waals surface area contributed by atoms with Gasteiger partial charge in [-0.25, -0.2) is 22.6 Å². The number of hydrogen-bond donors (Lipinski definition) is 3. The van der Waals surface area contributed by atoms with Crippen LogP contribution in [0, 0.1) is 5.92 Å². The van der Waals surface area contributed by atoms with Crippen molar-refractivity contribution in [2.45, 2.75) is 44.4 Å². The fourth-order valence-corrected chi connectivity index (χ4v) is 7.16. The number of amides is 2. The van der Waals surface area contributed by atoms with Crippen LogP contribution < -0.4 is 16.2 Å². The van der Waals surface area contributed by atoms with Gasteiger partial charge in [0.2, 0.25) is 15.9 Å². The number of hydrogen-bond acceptors (Lipinski definition) is 10. The molecule has 1 saturated heterocycles. The number of carbonyl (C=O) groups is 2. The summed E-state index contributed by atoms with van der Waals surface area (Å²) in [6.07, 6.45) is 5.50. The molecule has 49 heavy (non-hydrogen) atoms. The number of sulfonamides is 1. The molecule has 2 aromatic carbocycles. The molecule has 0 radical (unpaired) electrons. The van der Waals surface area contributed by atoms with Crippen LogP contribution in [-0.2, 0) is 19.6 Å². The van der Waals surface area contributed by atoms with E-state index in [1.807, 2.05) is 0 Å². The van der Waals surface area contributed by atoms with E-state index in [1.54, 1.807) is 68.5 Å². The van der Waals surface area contributed by atoms with Crippen LogP contribution in [0.2, 0.25) is 5.02 Å². The first kappa shape index (κ1) is 35.4. The van der Waals surface area contributed by atoms with Crippen molar-refractivity contribution in [1.82, 2.24) is 40.0 Å². The Kier molecular flexibility index (Phi) is 11.2. The number of halogens is 1. The van der Waals surface area contributed by atoms with Crippen LogP contribution in [0.15, 0.2) is 65.7 Å². The average molecular weight is 710 g/mol. The van der Waals surface area contributed by atoms with Gasteiger partial charge in [0.25, 0.3) is 5.56 Å². The van der Waals surface area contributed by atoms with Gasteiger partial charge < -0.3 is 10.1 Å². The number of anilines is 1. The van der Waals surface area contributed by atoms with Crippen LogP contribution in [-0.4, -0.2) is 80.6 Å². The summed E-state index contributed by atoms with van der Waals surface area (Å²) in [6.45, 7) is 4.04. The number of rotatable bonds is 11. The number of ether oxygens (including phenoxy) is 1. The minimum absolute atomic E-state index is 0.100. The molecule has 2 atom stereocenters. The molecular formula is C32H36ClN9O6S. The number of carbonyl (C=O) groups excluding carboxylic acids is 2. The second-order valence-corrected chi connectivity index (χ2v) is 14.7. The largest absolute Gasteiger partial charge is 0.453 e. The van der Waals surface area contributed by atoms with Gasteiger partial charge in [-0.15, -0.1) is 5.10 Å². The predicted octanol–water partition coefficient (Wildman–Crippen LogP) is 3.96. The van der Waals surface area contributed by atoms with Gasteiger partial charge in [0.05, 0.1) is 35.3 Å². The van der Waals surface area contributed by atoms with Crippen LogP contribution in [0.1, 0.15) is 50.4 Å². The molecule has 1 unspecified atom stereocenters. The summed E-state index contributed by atoms with van der Waals surface area (Å²) in [4.78, 5) is 38.0. The van der Waals surface area contributed by atoms with E-state index >= 15 is 0 Å². The zero-order valence-electron chi connectivity index (χ0n) is 27.0. The average Bonchev–Trinajstić information content (AvgIpc) is 3.63. The Morgan fingerprint density at radius 2 is 1.94 bits per heavy atom. The molecule has 4 aromatic rings. The lowest BCUT2D eigenvalue weighted by molar-refractivity contribution is -0.117. The van der Waals surface area contributed by atoms with Crippen LogP contribution >= 0.6 is 11.6 Å². The van der Waals surface area contributed by atoms with Crippen molar-refractivity contribution >= 4 is 45.4 Å². The van der Waals surface area contributed by atoms with E-state index in [9.17, 15) is 22.8 Å². The Bertz CT molecular complexity index is 1980. The van der Waals surface area contributed by atoms with Crippen molar-refractivity contribution in [3.8, 4) is 16.8 Å². The highest BCUT2D eigenvalue weighted by atomic mass is 35.5. The Morgan fingerprint density at radius 3 is 2.63 bits per heavy atom. The third-order valence-electron chi connectivity index (χ3n) is 8.13. The number of nitrogens with one attached hydrogen (secondary N) is 3. The van der Waals surface area contributed by atoms with Crippen molar-refractivity contribution in [1.29, 1.82) is 0 Å². The Hall–Kier alpha value is -4.93. The minimum Gasteiger partial charge on any atom is -0.453 e. The van der Waals surface area contributed by atoms with Gasteiger partial charge in [-0.3, -0.25) is 14.9 Å². The van der Waals surface area contributed by atoms with Crippen molar-refractivity contribution in [3.63, 3.8) is 0 Å². The molecular weight excluding hydrogens is 674 g/mol. The van der Waals surface area contributed by atoms with E-state index in [2.05, 4.69) is 41.1 Å². The van der Waals surface area contributed by atoms with Gasteiger partial charge in [0, 0.05) is 35.4 Å². The number of tetrazole rings is 1. The summed E-state index contributed by atoms with van der Waals surface area (Å²) in [7, 11) is -2.22. The number of aromatic amines is 1. The molecule has 0 bridgehead atoms. The Balaban J connectivity index is 1.44. The number of aromatic nitrogens is 6. The molecule has 15 nitrogen and oxygen atoms in total. The second kappa shape index (κ2) is 15.5. The lowest BCUT2D eigenvalue weighted by Gasteiger charge is -2.34. The molecule has 258 valence electrons. The van der Waals surface area contributed by atoms with Crippen molar-refractivity contribution in [2.24, 2.45) is 5.92 Å². The number of H-pyrrole nitrogens is 1. The van der Waals surface area contributed by atoms with Gasteiger partial charge in [-0.2, -0.15) is 9.78 Å². The lowest BCUT2D eigenvalue weighted by Crippen LogP contribution is -2.44. The summed E-state index contributed by atoms with van der Waals surface area (Å²) in [5.41, 5.74) is 2.43. The zero-order chi connectivity index (χ0) is 35.1. The number of benzene rings is 2. The quantitative estimate of drug-likeness (QED) is 0.192. The molecule has 1 aliphatic rings. The van der Waals surface area contributed by atoms with E-state index < -0.39 is 38.9 Å². The highest BCUT2D eigenvalue weighted by Gasteiger charge is 2.33. The first-order valence-electron chi connectivity index (χ1n) is 15.5. The topological polar surface area (TPSA) is 194 Å². The third kappa shape index (κ3) is 8.76. The molecule has 17 heteroatoms. The monoisotopic (exact) mass is 709 g/mol. The fraction of sp³-hybridized carbons (Fsp3) is 0.344. The first-order valence-corrected chi connectivity index (χ1v) is 17.4. The zero-order valence-corrected chi connectivity index (χ0v) is 28.6. The number of piperidine rings is 1. The van der Waals surface area contributed by atoms with E-state index in [1.165, 1.54) is 28.5 Å². The van der Waals surface area contributed by atoms with E-state index in [4.69, 9.17) is 11.6 Å². The van der Waals surface area contributed by atoms with Gasteiger partial charge >= 0.3 is 6.09 Å². The molecule has 1 fully saturated rings. The van der Waals surface area contributed by atoms with Gasteiger partial charge in [-0.1, -0.05) is 23.7 Å². The predicted molar refractivity (Wildman–Crippen MR) is 183 cm³/mol. The van der Waals surface area contributed by atoms with Gasteiger partial charge in [0.1, 0.15) is 6.33 Å². The van der Waals surface area contributed by atoms with Crippen LogP contribution in [0.3, 0.4) is 0 Å². The molecule has 0 spiro atoms. The SMILES string of the molecule is COC(=O)Nc1ccc(-c2cc([C@H](CC3CCCN(S(=O)(=O)C(C)C)C3)NC(=O)C=Cc3cc(Cl)ccc3-n3cnnn3)n[nH]c2=O)cc1. The maximum absolute atomic E-state index is 13.5. The minimum atomic E-state index is -3.47. The van der Waals surface area contributed by atoms with Crippen LogP contribution in [0.4, 0.5) is 10.5 Å². The smallest absolute Gasteiger partial charge is 0.411 e. The van der Waals surface area contributed by atoms with Crippen LogP contribution in [0.5, 0.6) is 0 Å². The number of nitrogens with zero attached hydrogens (tertiary/aromatic N) is 6. The molecule has 2 amide bonds. The molecule has 1 aliphatic heterocycles. The summed E-state index contributed by atoms with van der Waals surface area (Å²) in [6, 6.07) is 12.6. The van der Waals surface area contributed by atoms with Crippen molar-refractivity contribution in [2.75, 3.05) is 25.5 Å². The molecule has 5 rings (SSSR count). The van der Waals surface area contributed by atoms with E-state index in [0.717, 1.165) is 6.42 Å². The summed E-state index contributed by atoms with van der Waals surface area (Å²) in [5.74, 6) is -0.556. The molecule has 0 aliphatic carbocycles. The summed E-state index contributed by atoms with van der Waals surface area (Å²) >= 11 is 6.24. The summed E-state index contributed by atoms with van der Waals surface area (Å²) in [5, 5.41) is 23.6. The number of methoxy groups -OCH3 is 1. The van der Waals surface area contributed by atoms with E-state index in [0.29, 0.717) is 64.7 Å². The third-order valence-corrected chi connectivity index (χ3v) is 10.6. The maximum Gasteiger partial charge on any atom is 0.411 e. The summed E-state index contributed by atoms with van der Waals surface area (Å²) < 4.78 is 33.6. The standard InChI is InChI=1S/C32H36ClN9O6S/c1-20(2)49(46,47)41-14-4-5-21(18-41)15-27(36-30(43)13-8-23-16-24(33)9-12-29(23)42-19-34-39-40-42)28-17-26(31(44)38-37-28)22-6-10-25(11-7-22)35-32(45)48-3/h6-13,16-17,19-21,27H,4-5,14-15,18H2,1-3H3,(H,35,45)(H,36,43)(H,38,44)/t21?,27-/m0/s1. The van der Waals surface area contributed by atoms with E-state index in [-0.39, 0.29) is 5.92 Å². The van der Waals surface area contributed by atoms with Crippen molar-refractivity contribution in [3.05, 3.63) is 87.6 Å². The molecule has 2 aromatic heterocycles. The molecule has 0 saturated carbocycles. The molecule has 3 N–H and O–H groups in total. The highest BCUT2D eigenvalue weighted by molar-refractivity contribution is 7.89. The lowest BCUT2D eigenvalue weighted by atomic mass is 9.90. The maximum atomic E-state index is 13.5. The van der Waals surface area contributed by atoms with Crippen molar-refractivity contribution < 1.29 is 22.7 Å². The Labute approximate surface area is 287 Å². The highest BCUT2D eigenvalue weighted by Crippen LogP contribution is 2.30. The fourth-order valence-electron chi connectivity index (χ4n) is 5.58. The van der Waals surface area contributed by atoms with Gasteiger partial charge in [0.15, 0.2) is 0 Å². The van der Waals surface area contributed by atoms with Gasteiger partial charge in [-0.05, 0) is 97.5 Å². The first-order chi connectivity index (χ1) is 23.4. The second-order valence-electron chi connectivity index (χ2n) is 11.8. The Morgan fingerprint density at radius 1 is 1.16 bits per heavy atom. The normalized spacial score (nSPS) is 16.1.